The SMILES string of the molecule is CN(C(=O)c1ccc(S(C)(=O)=O)cc1)C1Cc2ccccc2C1. The summed E-state index contributed by atoms with van der Waals surface area (Å²) in [6.45, 7) is 0. The van der Waals surface area contributed by atoms with Crippen LogP contribution in [-0.2, 0) is 22.7 Å². The lowest BCUT2D eigenvalue weighted by atomic mass is 10.1. The summed E-state index contributed by atoms with van der Waals surface area (Å²) in [5.74, 6) is -0.0807. The maximum Gasteiger partial charge on any atom is 0.253 e. The highest BCUT2D eigenvalue weighted by Crippen LogP contribution is 2.25. The molecular formula is C18H19NO3S. The average molecular weight is 329 g/mol. The Morgan fingerprint density at radius 3 is 2.00 bits per heavy atom. The molecule has 2 aromatic rings. The normalized spacial score (nSPS) is 14.5. The van der Waals surface area contributed by atoms with Crippen molar-refractivity contribution in [3.63, 3.8) is 0 Å². The molecule has 0 radical (unpaired) electrons. The Morgan fingerprint density at radius 2 is 1.52 bits per heavy atom. The molecule has 23 heavy (non-hydrogen) atoms. The van der Waals surface area contributed by atoms with E-state index < -0.39 is 9.84 Å². The van der Waals surface area contributed by atoms with Gasteiger partial charge in [0.15, 0.2) is 9.84 Å². The molecule has 0 saturated heterocycles. The van der Waals surface area contributed by atoms with E-state index in [1.165, 1.54) is 23.3 Å². The summed E-state index contributed by atoms with van der Waals surface area (Å²) in [5.41, 5.74) is 3.10. The Labute approximate surface area is 136 Å². The molecule has 120 valence electrons. The first-order chi connectivity index (χ1) is 10.9. The van der Waals surface area contributed by atoms with Gasteiger partial charge in [-0.25, -0.2) is 8.42 Å². The van der Waals surface area contributed by atoms with Crippen LogP contribution >= 0.6 is 0 Å². The van der Waals surface area contributed by atoms with E-state index in [9.17, 15) is 13.2 Å². The summed E-state index contributed by atoms with van der Waals surface area (Å²) < 4.78 is 23.0. The summed E-state index contributed by atoms with van der Waals surface area (Å²) in [4.78, 5) is 14.6. The standard InChI is InChI=1S/C18H19NO3S/c1-19(16-11-14-5-3-4-6-15(14)12-16)18(20)13-7-9-17(10-8-13)23(2,21)22/h3-10,16H,11-12H2,1-2H3. The summed E-state index contributed by atoms with van der Waals surface area (Å²) in [7, 11) is -1.43. The lowest BCUT2D eigenvalue weighted by Gasteiger charge is -2.24. The van der Waals surface area contributed by atoms with E-state index in [1.807, 2.05) is 19.2 Å². The quantitative estimate of drug-likeness (QED) is 0.868. The Morgan fingerprint density at radius 1 is 1.00 bits per heavy atom. The molecule has 0 unspecified atom stereocenters. The first-order valence-electron chi connectivity index (χ1n) is 7.50. The van der Waals surface area contributed by atoms with E-state index in [-0.39, 0.29) is 16.8 Å². The molecule has 1 aliphatic rings. The average Bonchev–Trinajstić information content (AvgIpc) is 2.96. The summed E-state index contributed by atoms with van der Waals surface area (Å²) in [6, 6.07) is 14.5. The second kappa shape index (κ2) is 5.81. The Hall–Kier alpha value is -2.14. The molecule has 2 aromatic carbocycles. The third-order valence-corrected chi connectivity index (χ3v) is 5.56. The number of rotatable bonds is 3. The number of hydrogen-bond acceptors (Lipinski definition) is 3. The minimum Gasteiger partial charge on any atom is -0.338 e. The van der Waals surface area contributed by atoms with Crippen LogP contribution < -0.4 is 0 Å². The van der Waals surface area contributed by atoms with Gasteiger partial charge >= 0.3 is 0 Å². The number of likely N-dealkylation sites (N-methyl/N-ethyl adjacent to an activating group) is 1. The van der Waals surface area contributed by atoms with Crippen LogP contribution in [0.25, 0.3) is 0 Å². The van der Waals surface area contributed by atoms with Crippen LogP contribution in [0.5, 0.6) is 0 Å². The maximum atomic E-state index is 12.6. The number of benzene rings is 2. The highest BCUT2D eigenvalue weighted by molar-refractivity contribution is 7.90. The molecule has 0 bridgehead atoms. The predicted octanol–water partition coefficient (Wildman–Crippen LogP) is 2.33. The van der Waals surface area contributed by atoms with E-state index in [4.69, 9.17) is 0 Å². The Balaban J connectivity index is 1.76. The van der Waals surface area contributed by atoms with Crippen molar-refractivity contribution in [1.82, 2.24) is 4.90 Å². The zero-order valence-corrected chi connectivity index (χ0v) is 14.0. The van der Waals surface area contributed by atoms with Crippen LogP contribution in [0, 0.1) is 0 Å². The molecule has 0 spiro atoms. The number of amides is 1. The van der Waals surface area contributed by atoms with Gasteiger partial charge < -0.3 is 4.90 Å². The number of carbonyl (C=O) groups is 1. The fourth-order valence-corrected chi connectivity index (χ4v) is 3.65. The topological polar surface area (TPSA) is 54.5 Å². The highest BCUT2D eigenvalue weighted by atomic mass is 32.2. The van der Waals surface area contributed by atoms with Crippen LogP contribution in [0.2, 0.25) is 0 Å². The second-order valence-electron chi connectivity index (χ2n) is 6.04. The summed E-state index contributed by atoms with van der Waals surface area (Å²) in [5, 5.41) is 0. The smallest absolute Gasteiger partial charge is 0.253 e. The van der Waals surface area contributed by atoms with Crippen LogP contribution in [0.4, 0.5) is 0 Å². The lowest BCUT2D eigenvalue weighted by molar-refractivity contribution is 0.0737. The van der Waals surface area contributed by atoms with Crippen molar-refractivity contribution >= 4 is 15.7 Å². The summed E-state index contributed by atoms with van der Waals surface area (Å²) in [6.07, 6.45) is 2.88. The second-order valence-corrected chi connectivity index (χ2v) is 8.06. The van der Waals surface area contributed by atoms with E-state index in [2.05, 4.69) is 12.1 Å². The molecular weight excluding hydrogens is 310 g/mol. The van der Waals surface area contributed by atoms with Crippen molar-refractivity contribution in [1.29, 1.82) is 0 Å². The molecule has 4 nitrogen and oxygen atoms in total. The van der Waals surface area contributed by atoms with Crippen LogP contribution in [0.15, 0.2) is 53.4 Å². The van der Waals surface area contributed by atoms with Crippen LogP contribution in [0.3, 0.4) is 0 Å². The van der Waals surface area contributed by atoms with Gasteiger partial charge in [-0.15, -0.1) is 0 Å². The van der Waals surface area contributed by atoms with Crippen LogP contribution in [-0.4, -0.2) is 38.6 Å². The van der Waals surface area contributed by atoms with Gasteiger partial charge in [-0.2, -0.15) is 0 Å². The minimum absolute atomic E-state index is 0.0807. The minimum atomic E-state index is -3.24. The van der Waals surface area contributed by atoms with Crippen LogP contribution in [0.1, 0.15) is 21.5 Å². The Bertz CT molecular complexity index is 816. The van der Waals surface area contributed by atoms with Gasteiger partial charge in [-0.05, 0) is 48.2 Å². The molecule has 0 aromatic heterocycles. The molecule has 1 amide bonds. The third kappa shape index (κ3) is 3.15. The van der Waals surface area contributed by atoms with E-state index in [0.29, 0.717) is 5.56 Å². The first-order valence-corrected chi connectivity index (χ1v) is 9.39. The zero-order chi connectivity index (χ0) is 16.6. The molecule has 0 atom stereocenters. The maximum absolute atomic E-state index is 12.6. The highest BCUT2D eigenvalue weighted by Gasteiger charge is 2.27. The van der Waals surface area contributed by atoms with Gasteiger partial charge in [0.2, 0.25) is 0 Å². The van der Waals surface area contributed by atoms with Crippen molar-refractivity contribution in [2.75, 3.05) is 13.3 Å². The number of hydrogen-bond donors (Lipinski definition) is 0. The monoisotopic (exact) mass is 329 g/mol. The van der Waals surface area contributed by atoms with E-state index in [1.54, 1.807) is 17.0 Å². The fraction of sp³-hybridized carbons (Fsp3) is 0.278. The van der Waals surface area contributed by atoms with Gasteiger partial charge in [0, 0.05) is 24.9 Å². The Kier molecular flexibility index (Phi) is 3.98. The van der Waals surface area contributed by atoms with Gasteiger partial charge in [-0.1, -0.05) is 24.3 Å². The first kappa shape index (κ1) is 15.7. The van der Waals surface area contributed by atoms with Crippen molar-refractivity contribution in [2.45, 2.75) is 23.8 Å². The molecule has 0 fully saturated rings. The molecule has 3 rings (SSSR count). The van der Waals surface area contributed by atoms with E-state index in [0.717, 1.165) is 19.1 Å². The zero-order valence-electron chi connectivity index (χ0n) is 13.2. The number of sulfone groups is 1. The summed E-state index contributed by atoms with van der Waals surface area (Å²) >= 11 is 0. The van der Waals surface area contributed by atoms with Gasteiger partial charge in [0.1, 0.15) is 0 Å². The largest absolute Gasteiger partial charge is 0.338 e. The number of carbonyl (C=O) groups excluding carboxylic acids is 1. The molecule has 0 aliphatic heterocycles. The third-order valence-electron chi connectivity index (χ3n) is 4.43. The number of nitrogens with zero attached hydrogens (tertiary/aromatic N) is 1. The fourth-order valence-electron chi connectivity index (χ4n) is 3.02. The number of fused-ring (bicyclic) bond motifs is 1. The molecule has 0 heterocycles. The van der Waals surface area contributed by atoms with Crippen molar-refractivity contribution in [3.05, 3.63) is 65.2 Å². The van der Waals surface area contributed by atoms with Crippen molar-refractivity contribution < 1.29 is 13.2 Å². The molecule has 0 saturated carbocycles. The van der Waals surface area contributed by atoms with Gasteiger partial charge in [0.05, 0.1) is 4.90 Å². The van der Waals surface area contributed by atoms with Gasteiger partial charge in [0.25, 0.3) is 5.91 Å². The molecule has 1 aliphatic carbocycles. The predicted molar refractivity (Wildman–Crippen MR) is 89.3 cm³/mol. The van der Waals surface area contributed by atoms with Crippen molar-refractivity contribution in [2.24, 2.45) is 0 Å². The molecule has 0 N–H and O–H groups in total. The molecule has 5 heteroatoms. The lowest BCUT2D eigenvalue weighted by Crippen LogP contribution is -2.37. The van der Waals surface area contributed by atoms with Crippen molar-refractivity contribution in [3.8, 4) is 0 Å². The van der Waals surface area contributed by atoms with E-state index >= 15 is 0 Å². The van der Waals surface area contributed by atoms with Gasteiger partial charge in [-0.3, -0.25) is 4.79 Å².